The maximum Gasteiger partial charge on any atom is 0.747 e. The van der Waals surface area contributed by atoms with Crippen molar-refractivity contribution >= 4 is 54.2 Å². The molecule has 0 aromatic carbocycles. The zero-order valence-electron chi connectivity index (χ0n) is 7.06. The van der Waals surface area contributed by atoms with Crippen molar-refractivity contribution in [2.75, 3.05) is 13.2 Å². The molecule has 0 aliphatic heterocycles. The Bertz CT molecular complexity index is 136. The van der Waals surface area contributed by atoms with Crippen LogP contribution in [0.5, 0.6) is 0 Å². The summed E-state index contributed by atoms with van der Waals surface area (Å²) in [5.74, 6) is 0. The Kier molecular flexibility index (Phi) is 13.7. The maximum atomic E-state index is 10.6. The van der Waals surface area contributed by atoms with Gasteiger partial charge in [0.2, 0.25) is 0 Å². The molecule has 0 aliphatic carbocycles. The van der Waals surface area contributed by atoms with Gasteiger partial charge in [-0.3, -0.25) is 0 Å². The molecule has 0 aromatic rings. The second-order valence-corrected chi connectivity index (χ2v) is 3.43. The van der Waals surface area contributed by atoms with Gasteiger partial charge >= 0.3 is 16.5 Å². The molecule has 8 heteroatoms. The molecule has 12 heavy (non-hydrogen) atoms. The first-order valence-electron chi connectivity index (χ1n) is 3.09. The fraction of sp³-hybridized carbons (Fsp3) is 1.00. The molecule has 0 aliphatic rings. The van der Waals surface area contributed by atoms with E-state index in [0.717, 1.165) is 0 Å². The van der Waals surface area contributed by atoms with Gasteiger partial charge in [0.15, 0.2) is 4.31 Å². The summed E-state index contributed by atoms with van der Waals surface area (Å²) in [7, 11) is -4.58. The molecule has 2 unspecified atom stereocenters. The number of hydrogen-bond acceptors (Lipinski definition) is 5. The molecule has 0 spiro atoms. The van der Waals surface area contributed by atoms with Crippen LogP contribution in [0.4, 0.5) is 0 Å². The van der Waals surface area contributed by atoms with Crippen LogP contribution < -0.4 is 0 Å². The molecular weight excluding hydrogens is 230 g/mol. The molecular formula is C4H10CaO5P2+2. The van der Waals surface area contributed by atoms with E-state index in [2.05, 4.69) is 13.4 Å². The van der Waals surface area contributed by atoms with Crippen LogP contribution in [0.2, 0.25) is 0 Å². The van der Waals surface area contributed by atoms with Gasteiger partial charge in [-0.2, -0.15) is 0 Å². The summed E-state index contributed by atoms with van der Waals surface area (Å²) in [6.07, 6.45) is 0. The van der Waals surface area contributed by atoms with Crippen molar-refractivity contribution in [1.29, 1.82) is 0 Å². The quantitative estimate of drug-likeness (QED) is 0.525. The molecule has 0 aromatic heterocycles. The van der Waals surface area contributed by atoms with Crippen LogP contribution in [-0.2, 0) is 22.5 Å². The second kappa shape index (κ2) is 10.4. The summed E-state index contributed by atoms with van der Waals surface area (Å²) in [6, 6.07) is 0. The topological polar surface area (TPSA) is 61.8 Å². The molecule has 2 atom stereocenters. The number of rotatable bonds is 6. The van der Waals surface area contributed by atoms with Crippen LogP contribution >= 0.6 is 16.5 Å². The Morgan fingerprint density at radius 3 is 1.58 bits per heavy atom. The van der Waals surface area contributed by atoms with Gasteiger partial charge in [0, 0.05) is 46.9 Å². The third kappa shape index (κ3) is 9.43. The molecule has 0 saturated heterocycles. The molecule has 0 N–H and O–H groups in total. The second-order valence-electron chi connectivity index (χ2n) is 1.36. The zero-order valence-corrected chi connectivity index (χ0v) is 11.1. The van der Waals surface area contributed by atoms with E-state index in [4.69, 9.17) is 0 Å². The Morgan fingerprint density at radius 1 is 1.00 bits per heavy atom. The molecule has 0 fully saturated rings. The third-order valence-electron chi connectivity index (χ3n) is 0.602. The molecule has 0 bridgehead atoms. The molecule has 66 valence electrons. The minimum atomic E-state index is -2.29. The van der Waals surface area contributed by atoms with Crippen LogP contribution in [0.25, 0.3) is 0 Å². The van der Waals surface area contributed by atoms with Crippen molar-refractivity contribution in [3.63, 3.8) is 0 Å². The molecule has 2 radical (unpaired) electrons. The predicted molar refractivity (Wildman–Crippen MR) is 45.3 cm³/mol. The summed E-state index contributed by atoms with van der Waals surface area (Å²) in [5, 5.41) is 0. The zero-order chi connectivity index (χ0) is 8.69. The number of hydrogen-bond donors (Lipinski definition) is 0. The fourth-order valence-corrected chi connectivity index (χ4v) is 1.55. The Balaban J connectivity index is 0. The van der Waals surface area contributed by atoms with Crippen molar-refractivity contribution in [3.8, 4) is 0 Å². The smallest absolute Gasteiger partial charge is 0.117 e. The van der Waals surface area contributed by atoms with Crippen molar-refractivity contribution in [2.24, 2.45) is 0 Å². The first kappa shape index (κ1) is 15.8. The first-order chi connectivity index (χ1) is 5.20. The van der Waals surface area contributed by atoms with E-state index in [9.17, 15) is 9.13 Å². The molecule has 5 nitrogen and oxygen atoms in total. The van der Waals surface area contributed by atoms with Crippen LogP contribution in [0, 0.1) is 0 Å². The Hall–Kier alpha value is 1.34. The molecule has 0 rings (SSSR count). The minimum Gasteiger partial charge on any atom is -0.117 e. The molecule has 0 heterocycles. The monoisotopic (exact) mass is 240 g/mol. The van der Waals surface area contributed by atoms with E-state index >= 15 is 0 Å². The largest absolute Gasteiger partial charge is 0.747 e. The van der Waals surface area contributed by atoms with Gasteiger partial charge in [-0.25, -0.2) is 0 Å². The van der Waals surface area contributed by atoms with Crippen molar-refractivity contribution in [1.82, 2.24) is 0 Å². The van der Waals surface area contributed by atoms with Gasteiger partial charge < -0.3 is 0 Å². The van der Waals surface area contributed by atoms with Crippen molar-refractivity contribution < 1.29 is 22.5 Å². The molecule has 0 saturated carbocycles. The van der Waals surface area contributed by atoms with Crippen LogP contribution in [0.3, 0.4) is 0 Å². The van der Waals surface area contributed by atoms with E-state index in [1.54, 1.807) is 13.8 Å². The summed E-state index contributed by atoms with van der Waals surface area (Å²) < 4.78 is 34.4. The normalized spacial score (nSPS) is 11.8. The van der Waals surface area contributed by atoms with E-state index in [1.165, 1.54) is 0 Å². The van der Waals surface area contributed by atoms with Crippen molar-refractivity contribution in [3.05, 3.63) is 0 Å². The summed E-state index contributed by atoms with van der Waals surface area (Å²) in [5.41, 5.74) is 0. The average Bonchev–Trinajstić information content (AvgIpc) is 1.87. The minimum absolute atomic E-state index is 0. The third-order valence-corrected chi connectivity index (χ3v) is 2.61. The predicted octanol–water partition coefficient (Wildman–Crippen LogP) is 2.01. The van der Waals surface area contributed by atoms with Gasteiger partial charge in [-0.15, -0.1) is 9.05 Å². The Morgan fingerprint density at radius 2 is 1.33 bits per heavy atom. The van der Waals surface area contributed by atoms with Crippen LogP contribution in [0.1, 0.15) is 13.8 Å². The maximum absolute atomic E-state index is 10.6. The summed E-state index contributed by atoms with van der Waals surface area (Å²) >= 11 is 0. The van der Waals surface area contributed by atoms with Gasteiger partial charge in [-0.05, 0) is 13.8 Å². The van der Waals surface area contributed by atoms with E-state index in [0.29, 0.717) is 0 Å². The average molecular weight is 240 g/mol. The summed E-state index contributed by atoms with van der Waals surface area (Å²) in [6.45, 7) is 3.82. The summed E-state index contributed by atoms with van der Waals surface area (Å²) in [4.78, 5) is 0. The van der Waals surface area contributed by atoms with Crippen LogP contribution in [-0.4, -0.2) is 51.0 Å². The van der Waals surface area contributed by atoms with Crippen LogP contribution in [0.15, 0.2) is 0 Å². The van der Waals surface area contributed by atoms with Gasteiger partial charge in [0.05, 0.1) is 0 Å². The SMILES string of the molecule is CCO[P+](=O)O[P+](=O)OCC.[Ca]. The Labute approximate surface area is 103 Å². The fourth-order valence-electron chi connectivity index (χ4n) is 0.312. The van der Waals surface area contributed by atoms with E-state index < -0.39 is 16.5 Å². The van der Waals surface area contributed by atoms with Gasteiger partial charge in [-0.1, -0.05) is 0 Å². The first-order valence-corrected chi connectivity index (χ1v) is 5.28. The van der Waals surface area contributed by atoms with Gasteiger partial charge in [0.25, 0.3) is 0 Å². The molecule has 0 amide bonds. The van der Waals surface area contributed by atoms with E-state index in [-0.39, 0.29) is 51.0 Å². The van der Waals surface area contributed by atoms with E-state index in [1.807, 2.05) is 0 Å². The van der Waals surface area contributed by atoms with Crippen molar-refractivity contribution in [2.45, 2.75) is 13.8 Å². The van der Waals surface area contributed by atoms with Gasteiger partial charge in [0.1, 0.15) is 13.2 Å². The standard InChI is InChI=1S/C4H10O5P2.Ca/c1-3-7-10(5)9-11(6)8-4-2;/h3-4H2,1-2H3;/q+2;.